The van der Waals surface area contributed by atoms with Gasteiger partial charge < -0.3 is 5.11 Å². The highest BCUT2D eigenvalue weighted by Crippen LogP contribution is 2.42. The van der Waals surface area contributed by atoms with E-state index in [9.17, 15) is 13.9 Å². The van der Waals surface area contributed by atoms with E-state index in [1.54, 1.807) is 12.1 Å². The van der Waals surface area contributed by atoms with Crippen LogP contribution in [0.1, 0.15) is 23.6 Å². The highest BCUT2D eigenvalue weighted by Gasteiger charge is 2.48. The van der Waals surface area contributed by atoms with Gasteiger partial charge in [0.05, 0.1) is 0 Å². The molecular weight excluding hydrogens is 266 g/mol. The molecule has 0 radical (unpaired) electrons. The van der Waals surface area contributed by atoms with E-state index in [0.29, 0.717) is 0 Å². The lowest BCUT2D eigenvalue weighted by Gasteiger charge is -2.29. The Bertz CT molecular complexity index is 369. The van der Waals surface area contributed by atoms with Gasteiger partial charge in [-0.2, -0.15) is 8.78 Å². The maximum atomic E-state index is 13.1. The minimum atomic E-state index is -3.35. The number of aryl methyl sites for hydroxylation is 2. The number of rotatable bonds is 2. The summed E-state index contributed by atoms with van der Waals surface area (Å²) in [5.41, 5.74) is -0.115. The fourth-order valence-electron chi connectivity index (χ4n) is 1.21. The summed E-state index contributed by atoms with van der Waals surface area (Å²) in [5.74, 6) is 0. The van der Waals surface area contributed by atoms with E-state index in [-0.39, 0.29) is 5.56 Å². The largest absolute Gasteiger partial charge is 0.378 e. The molecule has 1 aromatic carbocycles. The Hall–Kier alpha value is -0.480. The molecule has 0 saturated carbocycles. The predicted octanol–water partition coefficient (Wildman–Crippen LogP) is 3.50. The second-order valence-electron chi connectivity index (χ2n) is 3.87. The van der Waals surface area contributed by atoms with Crippen molar-refractivity contribution in [2.45, 2.75) is 31.2 Å². The first kappa shape index (κ1) is 12.6. The SMILES string of the molecule is Cc1ccc(C(C)(O)C(F)(F)Br)cc1C. The average molecular weight is 279 g/mol. The minimum Gasteiger partial charge on any atom is -0.378 e. The lowest BCUT2D eigenvalue weighted by atomic mass is 9.93. The molecule has 0 spiro atoms. The normalized spacial score (nSPS) is 16.2. The summed E-state index contributed by atoms with van der Waals surface area (Å²) >= 11 is 2.20. The van der Waals surface area contributed by atoms with Crippen LogP contribution in [0.15, 0.2) is 18.2 Å². The van der Waals surface area contributed by atoms with Crippen LogP contribution in [0.25, 0.3) is 0 Å². The van der Waals surface area contributed by atoms with Crippen LogP contribution in [0.5, 0.6) is 0 Å². The van der Waals surface area contributed by atoms with Crippen LogP contribution in [0.2, 0.25) is 0 Å². The van der Waals surface area contributed by atoms with Gasteiger partial charge in [0.25, 0.3) is 0 Å². The third kappa shape index (κ3) is 2.37. The molecule has 1 atom stereocenters. The van der Waals surface area contributed by atoms with Gasteiger partial charge in [0, 0.05) is 0 Å². The van der Waals surface area contributed by atoms with Gasteiger partial charge in [-0.25, -0.2) is 0 Å². The summed E-state index contributed by atoms with van der Waals surface area (Å²) in [7, 11) is 0. The summed E-state index contributed by atoms with van der Waals surface area (Å²) in [5, 5.41) is 9.74. The van der Waals surface area contributed by atoms with Gasteiger partial charge in [0.2, 0.25) is 0 Å². The van der Waals surface area contributed by atoms with Gasteiger partial charge in [-0.05, 0) is 53.4 Å². The molecule has 0 amide bonds. The molecule has 1 rings (SSSR count). The van der Waals surface area contributed by atoms with E-state index in [0.717, 1.165) is 18.1 Å². The Labute approximate surface area is 96.2 Å². The van der Waals surface area contributed by atoms with Crippen molar-refractivity contribution in [3.8, 4) is 0 Å². The molecule has 0 bridgehead atoms. The molecular formula is C11H13BrF2O. The molecule has 0 aliphatic heterocycles. The molecule has 15 heavy (non-hydrogen) atoms. The van der Waals surface area contributed by atoms with E-state index in [4.69, 9.17) is 0 Å². The summed E-state index contributed by atoms with van der Waals surface area (Å²) in [6, 6.07) is 4.81. The first-order chi connectivity index (χ1) is 6.66. The van der Waals surface area contributed by atoms with Crippen molar-refractivity contribution < 1.29 is 13.9 Å². The molecule has 0 aromatic heterocycles. The van der Waals surface area contributed by atoms with Crippen LogP contribution in [-0.4, -0.2) is 9.94 Å². The topological polar surface area (TPSA) is 20.2 Å². The molecule has 0 aliphatic rings. The molecule has 84 valence electrons. The number of halogens is 3. The van der Waals surface area contributed by atoms with Crippen molar-refractivity contribution in [3.05, 3.63) is 34.9 Å². The third-order valence-corrected chi connectivity index (χ3v) is 3.39. The zero-order valence-corrected chi connectivity index (χ0v) is 10.4. The Morgan fingerprint density at radius 1 is 1.20 bits per heavy atom. The second-order valence-corrected chi connectivity index (χ2v) is 4.86. The van der Waals surface area contributed by atoms with E-state index < -0.39 is 10.4 Å². The molecule has 4 heteroatoms. The molecule has 0 aliphatic carbocycles. The van der Waals surface area contributed by atoms with Crippen molar-refractivity contribution in [2.24, 2.45) is 0 Å². The van der Waals surface area contributed by atoms with Crippen LogP contribution in [0, 0.1) is 13.8 Å². The van der Waals surface area contributed by atoms with Crippen LogP contribution in [-0.2, 0) is 5.60 Å². The smallest absolute Gasteiger partial charge is 0.333 e. The molecule has 1 aromatic rings. The van der Waals surface area contributed by atoms with Crippen LogP contribution in [0.4, 0.5) is 8.78 Å². The number of alkyl halides is 3. The van der Waals surface area contributed by atoms with Crippen molar-refractivity contribution in [1.82, 2.24) is 0 Å². The van der Waals surface area contributed by atoms with Gasteiger partial charge in [-0.1, -0.05) is 18.2 Å². The molecule has 1 N–H and O–H groups in total. The molecule has 0 saturated heterocycles. The number of hydrogen-bond acceptors (Lipinski definition) is 1. The highest BCUT2D eigenvalue weighted by molar-refractivity contribution is 9.10. The second kappa shape index (κ2) is 3.83. The molecule has 1 unspecified atom stereocenters. The number of benzene rings is 1. The Kier molecular flexibility index (Phi) is 3.22. The zero-order chi connectivity index (χ0) is 11.9. The lowest BCUT2D eigenvalue weighted by molar-refractivity contribution is -0.109. The van der Waals surface area contributed by atoms with Crippen molar-refractivity contribution in [2.75, 3.05) is 0 Å². The van der Waals surface area contributed by atoms with Crippen molar-refractivity contribution in [1.29, 1.82) is 0 Å². The minimum absolute atomic E-state index is 0.201. The third-order valence-electron chi connectivity index (χ3n) is 2.62. The fourth-order valence-corrected chi connectivity index (χ4v) is 1.44. The van der Waals surface area contributed by atoms with Crippen molar-refractivity contribution in [3.63, 3.8) is 0 Å². The van der Waals surface area contributed by atoms with Gasteiger partial charge in [-0.3, -0.25) is 0 Å². The van der Waals surface area contributed by atoms with Gasteiger partial charge in [0.1, 0.15) is 0 Å². The van der Waals surface area contributed by atoms with Gasteiger partial charge in [0.15, 0.2) is 5.60 Å². The molecule has 1 nitrogen and oxygen atoms in total. The first-order valence-electron chi connectivity index (χ1n) is 4.53. The lowest BCUT2D eigenvalue weighted by Crippen LogP contribution is -2.37. The maximum Gasteiger partial charge on any atom is 0.333 e. The summed E-state index contributed by atoms with van der Waals surface area (Å²) < 4.78 is 26.2. The number of aliphatic hydroxyl groups is 1. The first-order valence-corrected chi connectivity index (χ1v) is 5.32. The summed E-state index contributed by atoms with van der Waals surface area (Å²) in [6.07, 6.45) is 0. The predicted molar refractivity (Wildman–Crippen MR) is 59.4 cm³/mol. The standard InChI is InChI=1S/C11H13BrF2O/c1-7-4-5-9(6-8(7)2)10(3,15)11(12,13)14/h4-6,15H,1-3H3. The van der Waals surface area contributed by atoms with Crippen LogP contribution in [0.3, 0.4) is 0 Å². The zero-order valence-electron chi connectivity index (χ0n) is 8.81. The molecule has 0 heterocycles. The van der Waals surface area contributed by atoms with E-state index >= 15 is 0 Å². The summed E-state index contributed by atoms with van der Waals surface area (Å²) in [6.45, 7) is 4.80. The maximum absolute atomic E-state index is 13.1. The van der Waals surface area contributed by atoms with E-state index in [2.05, 4.69) is 15.9 Å². The van der Waals surface area contributed by atoms with E-state index in [1.807, 2.05) is 13.8 Å². The average Bonchev–Trinajstić information content (AvgIpc) is 2.07. The van der Waals surface area contributed by atoms with Crippen LogP contribution >= 0.6 is 15.9 Å². The fraction of sp³-hybridized carbons (Fsp3) is 0.455. The highest BCUT2D eigenvalue weighted by atomic mass is 79.9. The Morgan fingerprint density at radius 2 is 1.73 bits per heavy atom. The van der Waals surface area contributed by atoms with Gasteiger partial charge in [-0.15, -0.1) is 0 Å². The number of hydrogen-bond donors (Lipinski definition) is 1. The molecule has 0 fully saturated rings. The van der Waals surface area contributed by atoms with Crippen molar-refractivity contribution >= 4 is 15.9 Å². The monoisotopic (exact) mass is 278 g/mol. The Balaban J connectivity index is 3.22. The Morgan fingerprint density at radius 3 is 2.13 bits per heavy atom. The summed E-state index contributed by atoms with van der Waals surface area (Å²) in [4.78, 5) is -3.35. The van der Waals surface area contributed by atoms with Crippen LogP contribution < -0.4 is 0 Å². The quantitative estimate of drug-likeness (QED) is 0.821. The van der Waals surface area contributed by atoms with Gasteiger partial charge >= 0.3 is 4.83 Å². The van der Waals surface area contributed by atoms with E-state index in [1.165, 1.54) is 6.07 Å².